The molecule has 110 valence electrons. The van der Waals surface area contributed by atoms with Gasteiger partial charge in [0.05, 0.1) is 5.92 Å². The fraction of sp³-hybridized carbons (Fsp3) is 0.429. The van der Waals surface area contributed by atoms with E-state index in [0.29, 0.717) is 25.9 Å². The molecule has 0 aromatic heterocycles. The van der Waals surface area contributed by atoms with Gasteiger partial charge >= 0.3 is 12.0 Å². The number of carbonyl (C=O) groups is 2. The van der Waals surface area contributed by atoms with Crippen molar-refractivity contribution >= 4 is 27.9 Å². The Hall–Kier alpha value is -1.56. The number of halogens is 1. The Kier molecular flexibility index (Phi) is 7.08. The van der Waals surface area contributed by atoms with Crippen LogP contribution in [0.2, 0.25) is 0 Å². The lowest BCUT2D eigenvalue weighted by molar-refractivity contribution is -0.141. The molecule has 5 nitrogen and oxygen atoms in total. The number of nitrogens with one attached hydrogen (secondary N) is 2. The van der Waals surface area contributed by atoms with Gasteiger partial charge in [-0.3, -0.25) is 4.79 Å². The molecule has 0 radical (unpaired) electrons. The Labute approximate surface area is 126 Å². The Balaban J connectivity index is 2.14. The summed E-state index contributed by atoms with van der Waals surface area (Å²) >= 11 is 3.35. The van der Waals surface area contributed by atoms with Crippen LogP contribution in [0.1, 0.15) is 25.3 Å². The van der Waals surface area contributed by atoms with Gasteiger partial charge in [0.15, 0.2) is 0 Å². The molecular formula is C14H19BrN2O3. The Morgan fingerprint density at radius 3 is 2.50 bits per heavy atom. The molecule has 6 heteroatoms. The molecule has 1 aromatic carbocycles. The van der Waals surface area contributed by atoms with E-state index in [1.54, 1.807) is 6.92 Å². The van der Waals surface area contributed by atoms with Crippen molar-refractivity contribution in [1.29, 1.82) is 0 Å². The van der Waals surface area contributed by atoms with Gasteiger partial charge in [0, 0.05) is 17.6 Å². The van der Waals surface area contributed by atoms with Gasteiger partial charge in [-0.05, 0) is 30.5 Å². The molecule has 1 rings (SSSR count). The Bertz CT molecular complexity index is 448. The fourth-order valence-corrected chi connectivity index (χ4v) is 1.85. The van der Waals surface area contributed by atoms with E-state index in [9.17, 15) is 9.59 Å². The smallest absolute Gasteiger partial charge is 0.315 e. The van der Waals surface area contributed by atoms with Gasteiger partial charge in [0.25, 0.3) is 0 Å². The Morgan fingerprint density at radius 2 is 1.90 bits per heavy atom. The van der Waals surface area contributed by atoms with Gasteiger partial charge in [-0.15, -0.1) is 0 Å². The van der Waals surface area contributed by atoms with Crippen LogP contribution < -0.4 is 10.6 Å². The molecule has 1 atom stereocenters. The second-order valence-electron chi connectivity index (χ2n) is 4.62. The molecule has 0 fully saturated rings. The van der Waals surface area contributed by atoms with Crippen LogP contribution in [0.4, 0.5) is 4.79 Å². The van der Waals surface area contributed by atoms with Crippen molar-refractivity contribution in [3.8, 4) is 0 Å². The summed E-state index contributed by atoms with van der Waals surface area (Å²) in [5, 5.41) is 14.2. The van der Waals surface area contributed by atoms with Gasteiger partial charge < -0.3 is 15.7 Å². The van der Waals surface area contributed by atoms with E-state index in [0.717, 1.165) is 10.0 Å². The van der Waals surface area contributed by atoms with Crippen molar-refractivity contribution in [2.45, 2.75) is 26.3 Å². The summed E-state index contributed by atoms with van der Waals surface area (Å²) in [7, 11) is 0. The first-order valence-electron chi connectivity index (χ1n) is 6.48. The van der Waals surface area contributed by atoms with Gasteiger partial charge in [-0.1, -0.05) is 35.0 Å². The third kappa shape index (κ3) is 6.56. The highest BCUT2D eigenvalue weighted by atomic mass is 79.9. The molecule has 0 bridgehead atoms. The van der Waals surface area contributed by atoms with Crippen molar-refractivity contribution in [3.63, 3.8) is 0 Å². The maximum atomic E-state index is 11.5. The molecule has 1 unspecified atom stereocenters. The van der Waals surface area contributed by atoms with Gasteiger partial charge in [0.1, 0.15) is 0 Å². The first-order valence-corrected chi connectivity index (χ1v) is 7.27. The number of hydrogen-bond acceptors (Lipinski definition) is 2. The van der Waals surface area contributed by atoms with E-state index in [1.165, 1.54) is 0 Å². The van der Waals surface area contributed by atoms with E-state index in [4.69, 9.17) is 5.11 Å². The fourth-order valence-electron chi connectivity index (χ4n) is 1.58. The number of carboxylic acid groups (broad SMARTS) is 1. The third-order valence-electron chi connectivity index (χ3n) is 2.89. The SMILES string of the molecule is CC(CCCNC(=O)NCc1ccc(Br)cc1)C(=O)O. The molecule has 0 saturated heterocycles. The summed E-state index contributed by atoms with van der Waals surface area (Å²) in [6, 6.07) is 7.46. The highest BCUT2D eigenvalue weighted by Gasteiger charge is 2.09. The van der Waals surface area contributed by atoms with Crippen LogP contribution in [0, 0.1) is 5.92 Å². The maximum absolute atomic E-state index is 11.5. The Morgan fingerprint density at radius 1 is 1.25 bits per heavy atom. The second-order valence-corrected chi connectivity index (χ2v) is 5.53. The molecule has 0 aliphatic carbocycles. The number of rotatable bonds is 7. The quantitative estimate of drug-likeness (QED) is 0.666. The topological polar surface area (TPSA) is 78.4 Å². The molecule has 2 amide bonds. The van der Waals surface area contributed by atoms with E-state index >= 15 is 0 Å². The highest BCUT2D eigenvalue weighted by molar-refractivity contribution is 9.10. The minimum atomic E-state index is -0.801. The molecule has 1 aromatic rings. The molecule has 0 heterocycles. The van der Waals surface area contributed by atoms with Crippen LogP contribution in [-0.4, -0.2) is 23.7 Å². The van der Waals surface area contributed by atoms with Crippen LogP contribution in [-0.2, 0) is 11.3 Å². The standard InChI is InChI=1S/C14H19BrN2O3/c1-10(13(18)19)3-2-8-16-14(20)17-9-11-4-6-12(15)7-5-11/h4-7,10H,2-3,8-9H2,1H3,(H,18,19)(H2,16,17,20). The molecule has 20 heavy (non-hydrogen) atoms. The summed E-state index contributed by atoms with van der Waals surface area (Å²) in [5.41, 5.74) is 1.02. The lowest BCUT2D eigenvalue weighted by Gasteiger charge is -2.09. The predicted octanol–water partition coefficient (Wildman–Crippen LogP) is 2.75. The zero-order valence-electron chi connectivity index (χ0n) is 11.4. The minimum absolute atomic E-state index is 0.240. The van der Waals surface area contributed by atoms with Gasteiger partial charge in [-0.25, -0.2) is 4.79 Å². The number of carboxylic acids is 1. The maximum Gasteiger partial charge on any atom is 0.315 e. The van der Waals surface area contributed by atoms with Crippen LogP contribution >= 0.6 is 15.9 Å². The van der Waals surface area contributed by atoms with Crippen LogP contribution in [0.15, 0.2) is 28.7 Å². The number of aliphatic carboxylic acids is 1. The van der Waals surface area contributed by atoms with Crippen LogP contribution in [0.5, 0.6) is 0 Å². The largest absolute Gasteiger partial charge is 0.481 e. The third-order valence-corrected chi connectivity index (χ3v) is 3.42. The summed E-state index contributed by atoms with van der Waals surface area (Å²) in [5.74, 6) is -1.17. The monoisotopic (exact) mass is 342 g/mol. The van der Waals surface area contributed by atoms with E-state index in [2.05, 4.69) is 26.6 Å². The number of amides is 2. The predicted molar refractivity (Wildman–Crippen MR) is 80.4 cm³/mol. The average Bonchev–Trinajstić information content (AvgIpc) is 2.42. The normalized spacial score (nSPS) is 11.7. The van der Waals surface area contributed by atoms with Crippen LogP contribution in [0.25, 0.3) is 0 Å². The van der Waals surface area contributed by atoms with Gasteiger partial charge in [0.2, 0.25) is 0 Å². The van der Waals surface area contributed by atoms with Crippen molar-refractivity contribution in [3.05, 3.63) is 34.3 Å². The minimum Gasteiger partial charge on any atom is -0.481 e. The molecule has 0 aliphatic heterocycles. The van der Waals surface area contributed by atoms with Crippen molar-refractivity contribution in [2.75, 3.05) is 6.54 Å². The first kappa shape index (κ1) is 16.5. The molecule has 3 N–H and O–H groups in total. The first-order chi connectivity index (χ1) is 9.49. The number of urea groups is 1. The van der Waals surface area contributed by atoms with E-state index in [-0.39, 0.29) is 11.9 Å². The number of benzene rings is 1. The zero-order chi connectivity index (χ0) is 15.0. The molecule has 0 aliphatic rings. The average molecular weight is 343 g/mol. The number of carbonyl (C=O) groups excluding carboxylic acids is 1. The van der Waals surface area contributed by atoms with E-state index < -0.39 is 5.97 Å². The number of hydrogen-bond donors (Lipinski definition) is 3. The van der Waals surface area contributed by atoms with Crippen molar-refractivity contribution < 1.29 is 14.7 Å². The van der Waals surface area contributed by atoms with Gasteiger partial charge in [-0.2, -0.15) is 0 Å². The van der Waals surface area contributed by atoms with Crippen molar-refractivity contribution in [1.82, 2.24) is 10.6 Å². The molecule has 0 spiro atoms. The summed E-state index contributed by atoms with van der Waals surface area (Å²) in [6.45, 7) is 2.60. The zero-order valence-corrected chi connectivity index (χ0v) is 12.9. The lowest BCUT2D eigenvalue weighted by atomic mass is 10.1. The summed E-state index contributed by atoms with van der Waals surface area (Å²) in [4.78, 5) is 22.1. The summed E-state index contributed by atoms with van der Waals surface area (Å²) < 4.78 is 0.998. The molecule has 0 saturated carbocycles. The second kappa shape index (κ2) is 8.58. The summed E-state index contributed by atoms with van der Waals surface area (Å²) in [6.07, 6.45) is 1.21. The van der Waals surface area contributed by atoms with Crippen molar-refractivity contribution in [2.24, 2.45) is 5.92 Å². The molecular weight excluding hydrogens is 324 g/mol. The lowest BCUT2D eigenvalue weighted by Crippen LogP contribution is -2.35. The van der Waals surface area contributed by atoms with Crippen LogP contribution in [0.3, 0.4) is 0 Å². The highest BCUT2D eigenvalue weighted by Crippen LogP contribution is 2.10. The van der Waals surface area contributed by atoms with E-state index in [1.807, 2.05) is 24.3 Å².